The van der Waals surface area contributed by atoms with E-state index in [0.717, 1.165) is 38.4 Å². The van der Waals surface area contributed by atoms with Gasteiger partial charge in [0, 0.05) is 24.8 Å². The van der Waals surface area contributed by atoms with E-state index in [1.807, 2.05) is 4.90 Å². The number of benzene rings is 1. The van der Waals surface area contributed by atoms with Crippen LogP contribution in [0, 0.1) is 21.3 Å². The average Bonchev–Trinajstić information content (AvgIpc) is 2.49. The summed E-state index contributed by atoms with van der Waals surface area (Å²) in [5.41, 5.74) is 0.719. The highest BCUT2D eigenvalue weighted by atomic mass is 19.1. The summed E-state index contributed by atoms with van der Waals surface area (Å²) in [5.74, 6) is -0.548. The zero-order valence-corrected chi connectivity index (χ0v) is 11.4. The summed E-state index contributed by atoms with van der Waals surface area (Å²) in [7, 11) is 0. The molecule has 1 aromatic carbocycles. The lowest BCUT2D eigenvalue weighted by molar-refractivity contribution is -0.385. The molecule has 0 radical (unpaired) electrons. The molecule has 1 aromatic rings. The zero-order valence-electron chi connectivity index (χ0n) is 11.4. The molecule has 0 bridgehead atoms. The first-order chi connectivity index (χ1) is 8.87. The molecule has 1 aliphatic heterocycles. The van der Waals surface area contributed by atoms with Crippen LogP contribution in [-0.2, 0) is 0 Å². The molecular weight excluding hydrogens is 247 g/mol. The highest BCUT2D eigenvalue weighted by Gasteiger charge is 2.24. The maximum atomic E-state index is 13.5. The fourth-order valence-electron chi connectivity index (χ4n) is 2.53. The van der Waals surface area contributed by atoms with Gasteiger partial charge in [0.05, 0.1) is 11.0 Å². The third kappa shape index (κ3) is 3.43. The Balaban J connectivity index is 2.24. The first-order valence-corrected chi connectivity index (χ1v) is 6.57. The lowest BCUT2D eigenvalue weighted by Gasteiger charge is -2.24. The number of nitrogens with zero attached hydrogens (tertiary/aromatic N) is 2. The van der Waals surface area contributed by atoms with E-state index < -0.39 is 10.7 Å². The number of nitro benzene ring substituents is 1. The average molecular weight is 266 g/mol. The van der Waals surface area contributed by atoms with E-state index in [2.05, 4.69) is 13.8 Å². The van der Waals surface area contributed by atoms with Crippen LogP contribution < -0.4 is 4.90 Å². The molecule has 0 aromatic heterocycles. The van der Waals surface area contributed by atoms with Crippen LogP contribution in [0.3, 0.4) is 0 Å². The molecule has 0 aliphatic carbocycles. The van der Waals surface area contributed by atoms with Crippen molar-refractivity contribution in [3.05, 3.63) is 34.1 Å². The van der Waals surface area contributed by atoms with Gasteiger partial charge < -0.3 is 4.90 Å². The summed E-state index contributed by atoms with van der Waals surface area (Å²) >= 11 is 0. The minimum Gasteiger partial charge on any atom is -0.371 e. The summed E-state index contributed by atoms with van der Waals surface area (Å²) in [5, 5.41) is 10.8. The molecule has 0 N–H and O–H groups in total. The summed E-state index contributed by atoms with van der Waals surface area (Å²) in [4.78, 5) is 12.3. The van der Waals surface area contributed by atoms with Gasteiger partial charge in [-0.1, -0.05) is 13.8 Å². The van der Waals surface area contributed by atoms with Crippen molar-refractivity contribution in [3.8, 4) is 0 Å². The Hall–Kier alpha value is -1.65. The van der Waals surface area contributed by atoms with E-state index in [9.17, 15) is 14.5 Å². The van der Waals surface area contributed by atoms with Gasteiger partial charge >= 0.3 is 0 Å². The Kier molecular flexibility index (Phi) is 3.73. The van der Waals surface area contributed by atoms with E-state index in [1.165, 1.54) is 12.1 Å². The molecule has 0 unspecified atom stereocenters. The van der Waals surface area contributed by atoms with Crippen LogP contribution in [0.5, 0.6) is 0 Å². The molecule has 0 saturated carbocycles. The monoisotopic (exact) mass is 266 g/mol. The van der Waals surface area contributed by atoms with Crippen molar-refractivity contribution in [1.82, 2.24) is 0 Å². The highest BCUT2D eigenvalue weighted by Crippen LogP contribution is 2.32. The van der Waals surface area contributed by atoms with Crippen molar-refractivity contribution in [1.29, 1.82) is 0 Å². The van der Waals surface area contributed by atoms with Crippen LogP contribution in [0.4, 0.5) is 15.8 Å². The van der Waals surface area contributed by atoms with Gasteiger partial charge in [0.15, 0.2) is 0 Å². The van der Waals surface area contributed by atoms with Crippen LogP contribution in [0.2, 0.25) is 0 Å². The Morgan fingerprint density at radius 3 is 2.68 bits per heavy atom. The van der Waals surface area contributed by atoms with Gasteiger partial charge in [0.25, 0.3) is 5.69 Å². The van der Waals surface area contributed by atoms with E-state index >= 15 is 0 Å². The smallest absolute Gasteiger partial charge is 0.274 e. The van der Waals surface area contributed by atoms with Gasteiger partial charge in [-0.2, -0.15) is 0 Å². The Bertz CT molecular complexity index is 488. The lowest BCUT2D eigenvalue weighted by atomic mass is 9.85. The molecule has 1 fully saturated rings. The first-order valence-electron chi connectivity index (χ1n) is 6.57. The predicted octanol–water partition coefficient (Wildman–Crippen LogP) is 3.75. The molecule has 0 atom stereocenters. The number of non-ortho nitro benzene ring substituents is 1. The van der Waals surface area contributed by atoms with Gasteiger partial charge in [-0.3, -0.25) is 10.1 Å². The minimum atomic E-state index is -0.548. The van der Waals surface area contributed by atoms with Crippen LogP contribution in [-0.4, -0.2) is 18.0 Å². The van der Waals surface area contributed by atoms with E-state index in [1.54, 1.807) is 0 Å². The second-order valence-electron chi connectivity index (χ2n) is 5.93. The quantitative estimate of drug-likeness (QED) is 0.605. The van der Waals surface area contributed by atoms with Crippen molar-refractivity contribution < 1.29 is 9.31 Å². The molecule has 104 valence electrons. The minimum absolute atomic E-state index is 0.182. The standard InChI is InChI=1S/C14H19FN2O2/c1-14(2)4-3-6-16(7-5-14)12-8-11(15)9-13(10-12)17(18)19/h8-10H,3-7H2,1-2H3. The number of hydrogen-bond donors (Lipinski definition) is 0. The molecular formula is C14H19FN2O2. The van der Waals surface area contributed by atoms with Crippen LogP contribution in [0.1, 0.15) is 33.1 Å². The SMILES string of the molecule is CC1(C)CCCN(c2cc(F)cc([N+](=O)[O-])c2)CC1. The summed E-state index contributed by atoms with van der Waals surface area (Å²) in [6.45, 7) is 6.09. The van der Waals surface area contributed by atoms with E-state index in [4.69, 9.17) is 0 Å². The number of nitro groups is 1. The second kappa shape index (κ2) is 5.15. The fraction of sp³-hybridized carbons (Fsp3) is 0.571. The predicted molar refractivity (Wildman–Crippen MR) is 72.9 cm³/mol. The van der Waals surface area contributed by atoms with Crippen LogP contribution in [0.15, 0.2) is 18.2 Å². The van der Waals surface area contributed by atoms with Crippen molar-refractivity contribution in [2.24, 2.45) is 5.41 Å². The van der Waals surface area contributed by atoms with Gasteiger partial charge in [0.2, 0.25) is 0 Å². The summed E-state index contributed by atoms with van der Waals surface area (Å²) < 4.78 is 13.5. The second-order valence-corrected chi connectivity index (χ2v) is 5.93. The Labute approximate surface area is 112 Å². The van der Waals surface area contributed by atoms with Crippen molar-refractivity contribution in [2.45, 2.75) is 33.1 Å². The maximum Gasteiger partial charge on any atom is 0.274 e. The third-order valence-corrected chi connectivity index (χ3v) is 3.78. The Morgan fingerprint density at radius 1 is 1.26 bits per heavy atom. The summed E-state index contributed by atoms with van der Waals surface area (Å²) in [6, 6.07) is 3.80. The number of halogens is 1. The van der Waals surface area contributed by atoms with E-state index in [-0.39, 0.29) is 11.1 Å². The molecule has 0 amide bonds. The first kappa shape index (κ1) is 13.8. The molecule has 1 aliphatic rings. The topological polar surface area (TPSA) is 46.4 Å². The summed E-state index contributed by atoms with van der Waals surface area (Å²) in [6.07, 6.45) is 3.16. The zero-order chi connectivity index (χ0) is 14.0. The molecule has 2 rings (SSSR count). The normalized spacial score (nSPS) is 19.0. The van der Waals surface area contributed by atoms with E-state index in [0.29, 0.717) is 5.69 Å². The lowest BCUT2D eigenvalue weighted by Crippen LogP contribution is -2.25. The fourth-order valence-corrected chi connectivity index (χ4v) is 2.53. The largest absolute Gasteiger partial charge is 0.371 e. The maximum absolute atomic E-state index is 13.5. The molecule has 1 saturated heterocycles. The number of rotatable bonds is 2. The van der Waals surface area contributed by atoms with Gasteiger partial charge in [-0.15, -0.1) is 0 Å². The third-order valence-electron chi connectivity index (χ3n) is 3.78. The van der Waals surface area contributed by atoms with Gasteiger partial charge in [-0.05, 0) is 30.7 Å². The van der Waals surface area contributed by atoms with Crippen LogP contribution >= 0.6 is 0 Å². The molecule has 5 heteroatoms. The van der Waals surface area contributed by atoms with Crippen molar-refractivity contribution >= 4 is 11.4 Å². The number of hydrogen-bond acceptors (Lipinski definition) is 3. The molecule has 4 nitrogen and oxygen atoms in total. The van der Waals surface area contributed by atoms with Crippen LogP contribution in [0.25, 0.3) is 0 Å². The molecule has 1 heterocycles. The van der Waals surface area contributed by atoms with Gasteiger partial charge in [-0.25, -0.2) is 4.39 Å². The molecule has 19 heavy (non-hydrogen) atoms. The Morgan fingerprint density at radius 2 is 2.00 bits per heavy atom. The molecule has 0 spiro atoms. The van der Waals surface area contributed by atoms with Crippen molar-refractivity contribution in [3.63, 3.8) is 0 Å². The highest BCUT2D eigenvalue weighted by molar-refractivity contribution is 5.53. The van der Waals surface area contributed by atoms with Gasteiger partial charge in [0.1, 0.15) is 5.82 Å². The number of anilines is 1. The van der Waals surface area contributed by atoms with Crippen molar-refractivity contribution in [2.75, 3.05) is 18.0 Å².